The zero-order valence-corrected chi connectivity index (χ0v) is 22.5. The maximum Gasteiger partial charge on any atom is 0.337 e. The summed E-state index contributed by atoms with van der Waals surface area (Å²) < 4.78 is 18.9. The van der Waals surface area contributed by atoms with Crippen LogP contribution in [0.4, 0.5) is 0 Å². The van der Waals surface area contributed by atoms with E-state index >= 15 is 0 Å². The minimum atomic E-state index is -1.08. The van der Waals surface area contributed by atoms with E-state index in [1.54, 1.807) is 66.7 Å². The van der Waals surface area contributed by atoms with Gasteiger partial charge in [-0.1, -0.05) is 42.5 Å². The Bertz CT molecular complexity index is 1870. The number of carbonyl (C=O) groups is 3. The molecule has 41 heavy (non-hydrogen) atoms. The molecule has 202 valence electrons. The van der Waals surface area contributed by atoms with Crippen molar-refractivity contribution >= 4 is 51.7 Å². The third kappa shape index (κ3) is 4.38. The number of esters is 2. The molecular formula is C30H20N4O6S. The number of hydrogen-bond donors (Lipinski definition) is 2. The number of aromatic nitrogens is 4. The molecule has 2 heterocycles. The van der Waals surface area contributed by atoms with Crippen molar-refractivity contribution in [2.75, 3.05) is 14.2 Å². The van der Waals surface area contributed by atoms with Crippen molar-refractivity contribution in [2.24, 2.45) is 0 Å². The fourth-order valence-corrected chi connectivity index (χ4v) is 5.38. The summed E-state index contributed by atoms with van der Waals surface area (Å²) in [6.07, 6.45) is 0. The van der Waals surface area contributed by atoms with Crippen LogP contribution in [0.1, 0.15) is 31.1 Å². The van der Waals surface area contributed by atoms with Gasteiger partial charge in [-0.05, 0) is 41.5 Å². The van der Waals surface area contributed by atoms with E-state index in [0.717, 1.165) is 22.9 Å². The molecule has 10 nitrogen and oxygen atoms in total. The summed E-state index contributed by atoms with van der Waals surface area (Å²) in [5, 5.41) is 9.83. The normalized spacial score (nSPS) is 11.1. The largest absolute Gasteiger partial charge is 0.478 e. The summed E-state index contributed by atoms with van der Waals surface area (Å²) in [5.41, 5.74) is 6.47. The number of fused-ring (bicyclic) bond motifs is 2. The van der Waals surface area contributed by atoms with Gasteiger partial charge >= 0.3 is 17.9 Å². The lowest BCUT2D eigenvalue weighted by Gasteiger charge is -2.10. The lowest BCUT2D eigenvalue weighted by atomic mass is 9.94. The predicted molar refractivity (Wildman–Crippen MR) is 153 cm³/mol. The zero-order valence-electron chi connectivity index (χ0n) is 21.7. The number of benzene rings is 4. The van der Waals surface area contributed by atoms with E-state index in [1.165, 1.54) is 20.3 Å². The van der Waals surface area contributed by atoms with Crippen molar-refractivity contribution in [1.82, 2.24) is 18.7 Å². The van der Waals surface area contributed by atoms with Crippen LogP contribution in [0, 0.1) is 0 Å². The van der Waals surface area contributed by atoms with Crippen molar-refractivity contribution in [2.45, 2.75) is 0 Å². The molecule has 0 bridgehead atoms. The summed E-state index contributed by atoms with van der Waals surface area (Å²) in [5.74, 6) is -1.64. The van der Waals surface area contributed by atoms with E-state index in [0.29, 0.717) is 55.7 Å². The fraction of sp³-hybridized carbons (Fsp3) is 0.0667. The summed E-state index contributed by atoms with van der Waals surface area (Å²) in [6, 6.07) is 20.4. The number of nitrogens with one attached hydrogen (secondary N) is 1. The van der Waals surface area contributed by atoms with Gasteiger partial charge in [0.05, 0.1) is 53.7 Å². The quantitative estimate of drug-likeness (QED) is 0.238. The van der Waals surface area contributed by atoms with Gasteiger partial charge < -0.3 is 19.6 Å². The summed E-state index contributed by atoms with van der Waals surface area (Å²) in [7, 11) is 2.64. The number of carboxylic acid groups (broad SMARTS) is 1. The molecule has 0 radical (unpaired) electrons. The number of hydrogen-bond acceptors (Lipinski definition) is 9. The van der Waals surface area contributed by atoms with Gasteiger partial charge in [-0.2, -0.15) is 8.75 Å². The first-order chi connectivity index (χ1) is 19.9. The third-order valence-corrected chi connectivity index (χ3v) is 7.28. The highest BCUT2D eigenvalue weighted by Crippen LogP contribution is 2.43. The van der Waals surface area contributed by atoms with Crippen LogP contribution >= 0.6 is 11.7 Å². The summed E-state index contributed by atoms with van der Waals surface area (Å²) in [6.45, 7) is 0. The first kappa shape index (κ1) is 25.8. The highest BCUT2D eigenvalue weighted by Gasteiger charge is 2.25. The zero-order chi connectivity index (χ0) is 28.7. The number of carbonyl (C=O) groups excluding carboxylic acids is 2. The highest BCUT2D eigenvalue weighted by molar-refractivity contribution is 7.00. The van der Waals surface area contributed by atoms with Crippen LogP contribution < -0.4 is 0 Å². The monoisotopic (exact) mass is 564 g/mol. The van der Waals surface area contributed by atoms with E-state index in [-0.39, 0.29) is 5.56 Å². The third-order valence-electron chi connectivity index (χ3n) is 6.75. The minimum Gasteiger partial charge on any atom is -0.478 e. The molecule has 2 N–H and O–H groups in total. The van der Waals surface area contributed by atoms with Crippen LogP contribution in [0.3, 0.4) is 0 Å². The van der Waals surface area contributed by atoms with Gasteiger partial charge in [0.15, 0.2) is 0 Å². The number of aromatic amines is 1. The Morgan fingerprint density at radius 1 is 0.732 bits per heavy atom. The van der Waals surface area contributed by atoms with E-state index in [2.05, 4.69) is 13.7 Å². The van der Waals surface area contributed by atoms with Crippen molar-refractivity contribution in [3.8, 4) is 33.6 Å². The van der Waals surface area contributed by atoms with Gasteiger partial charge in [-0.25, -0.2) is 19.4 Å². The second-order valence-electron chi connectivity index (χ2n) is 9.01. The second-order valence-corrected chi connectivity index (χ2v) is 9.54. The smallest absolute Gasteiger partial charge is 0.337 e. The van der Waals surface area contributed by atoms with Gasteiger partial charge in [0.2, 0.25) is 0 Å². The maximum absolute atomic E-state index is 12.0. The number of rotatable bonds is 6. The Balaban J connectivity index is 1.66. The first-order valence-corrected chi connectivity index (χ1v) is 13.0. The Morgan fingerprint density at radius 3 is 1.83 bits per heavy atom. The summed E-state index contributed by atoms with van der Waals surface area (Å²) in [4.78, 5) is 44.4. The average Bonchev–Trinajstić information content (AvgIpc) is 3.67. The van der Waals surface area contributed by atoms with Crippen LogP contribution in [-0.4, -0.2) is 55.9 Å². The fourth-order valence-electron chi connectivity index (χ4n) is 4.82. The molecule has 0 atom stereocenters. The molecule has 4 aromatic carbocycles. The van der Waals surface area contributed by atoms with Crippen molar-refractivity contribution in [1.29, 1.82) is 0 Å². The van der Waals surface area contributed by atoms with E-state index < -0.39 is 17.9 Å². The van der Waals surface area contributed by atoms with Crippen molar-refractivity contribution in [3.63, 3.8) is 0 Å². The molecule has 6 rings (SSSR count). The Labute approximate surface area is 236 Å². The van der Waals surface area contributed by atoms with Gasteiger partial charge in [0.25, 0.3) is 0 Å². The second kappa shape index (κ2) is 10.3. The number of aromatic carboxylic acids is 1. The van der Waals surface area contributed by atoms with Gasteiger partial charge in [-0.3, -0.25) is 0 Å². The molecule has 6 aromatic rings. The number of ether oxygens (including phenoxy) is 2. The van der Waals surface area contributed by atoms with E-state index in [9.17, 15) is 19.5 Å². The lowest BCUT2D eigenvalue weighted by Crippen LogP contribution is -2.00. The number of imidazole rings is 1. The van der Waals surface area contributed by atoms with Crippen molar-refractivity contribution in [3.05, 3.63) is 89.5 Å². The average molecular weight is 565 g/mol. The Kier molecular flexibility index (Phi) is 6.48. The van der Waals surface area contributed by atoms with E-state index in [1.807, 2.05) is 0 Å². The van der Waals surface area contributed by atoms with Crippen LogP contribution in [0.15, 0.2) is 72.8 Å². The standard InChI is InChI=1S/C30H20N4O6S/c1-39-29(37)17-11-7-15(8-12-17)21-23-24(32-27(31-23)19-5-3-4-6-20(19)28(35)36)22(26-25(21)33-41-34-26)16-9-13-18(14-10-16)30(38)40-2/h3-14H,1-2H3,(H,31,32)(H,35,36). The first-order valence-electron chi connectivity index (χ1n) is 12.3. The molecule has 2 aromatic heterocycles. The molecule has 0 aliphatic heterocycles. The topological polar surface area (TPSA) is 144 Å². The molecule has 0 fully saturated rings. The molecular weight excluding hydrogens is 544 g/mol. The Hall–Kier alpha value is -5.42. The van der Waals surface area contributed by atoms with Crippen LogP contribution in [-0.2, 0) is 9.47 Å². The van der Waals surface area contributed by atoms with Crippen LogP contribution in [0.5, 0.6) is 0 Å². The Morgan fingerprint density at radius 2 is 1.27 bits per heavy atom. The molecule has 11 heteroatoms. The number of methoxy groups -OCH3 is 2. The maximum atomic E-state index is 12.0. The molecule has 0 aliphatic rings. The highest BCUT2D eigenvalue weighted by atomic mass is 32.1. The van der Waals surface area contributed by atoms with Crippen LogP contribution in [0.2, 0.25) is 0 Å². The number of nitrogens with zero attached hydrogens (tertiary/aromatic N) is 3. The number of carboxylic acids is 1. The SMILES string of the molecule is COC(=O)c1ccc(-c2c3nsnc3c(-c3ccc(C(=O)OC)cc3)c3[nH]c(-c4ccccc4C(=O)O)nc23)cc1. The molecule has 0 saturated heterocycles. The molecule has 0 amide bonds. The predicted octanol–water partition coefficient (Wildman–Crippen LogP) is 5.84. The molecule has 0 aliphatic carbocycles. The number of H-pyrrole nitrogens is 1. The van der Waals surface area contributed by atoms with E-state index in [4.69, 9.17) is 14.5 Å². The molecule has 0 unspecified atom stereocenters. The molecule has 0 spiro atoms. The van der Waals surface area contributed by atoms with Crippen molar-refractivity contribution < 1.29 is 29.0 Å². The van der Waals surface area contributed by atoms with Gasteiger partial charge in [0, 0.05) is 16.7 Å². The van der Waals surface area contributed by atoms with Crippen LogP contribution in [0.25, 0.3) is 55.7 Å². The van der Waals surface area contributed by atoms with Gasteiger partial charge in [0.1, 0.15) is 16.9 Å². The summed E-state index contributed by atoms with van der Waals surface area (Å²) >= 11 is 1.05. The lowest BCUT2D eigenvalue weighted by molar-refractivity contribution is 0.0592. The minimum absolute atomic E-state index is 0.0944. The van der Waals surface area contributed by atoms with Gasteiger partial charge in [-0.15, -0.1) is 0 Å². The molecule has 0 saturated carbocycles.